The van der Waals surface area contributed by atoms with Gasteiger partial charge in [0.25, 0.3) is 0 Å². The Hall–Kier alpha value is -2.70. The summed E-state index contributed by atoms with van der Waals surface area (Å²) in [6, 6.07) is 3.34. The highest BCUT2D eigenvalue weighted by Gasteiger charge is 2.47. The van der Waals surface area contributed by atoms with Crippen molar-refractivity contribution < 1.29 is 23.9 Å². The van der Waals surface area contributed by atoms with E-state index < -0.39 is 19.1 Å². The molecule has 1 aliphatic carbocycles. The van der Waals surface area contributed by atoms with Crippen molar-refractivity contribution >= 4 is 23.6 Å². The number of carbonyl (C=O) groups is 4. The minimum absolute atomic E-state index is 0.333. The number of rotatable bonds is 5. The van der Waals surface area contributed by atoms with Gasteiger partial charge in [0.05, 0.1) is 17.5 Å². The maximum Gasteiger partial charge on any atom is 0.326 e. The molecule has 7 heteroatoms. The van der Waals surface area contributed by atoms with Crippen LogP contribution in [0.3, 0.4) is 0 Å². The Morgan fingerprint density at radius 3 is 2.33 bits per heavy atom. The van der Waals surface area contributed by atoms with Crippen molar-refractivity contribution in [2.24, 2.45) is 18.9 Å². The molecule has 2 heterocycles. The number of ketones is 1. The predicted octanol–water partition coefficient (Wildman–Crippen LogP) is 0.702. The first-order chi connectivity index (χ1) is 11.5. The summed E-state index contributed by atoms with van der Waals surface area (Å²) in [6.07, 6.45) is 6.52. The Balaban J connectivity index is 1.56. The molecule has 0 aromatic carbocycles. The normalized spacial score (nSPS) is 22.6. The number of carbonyl (C=O) groups excluding carboxylic acids is 4. The minimum atomic E-state index is -0.758. The second-order valence-corrected chi connectivity index (χ2v) is 6.01. The number of hydrogen-bond acceptors (Lipinski definition) is 5. The van der Waals surface area contributed by atoms with E-state index in [1.54, 1.807) is 29.9 Å². The number of imide groups is 1. The molecule has 0 bridgehead atoms. The van der Waals surface area contributed by atoms with E-state index in [2.05, 4.69) is 0 Å². The van der Waals surface area contributed by atoms with Gasteiger partial charge >= 0.3 is 5.97 Å². The van der Waals surface area contributed by atoms with Gasteiger partial charge in [0.15, 0.2) is 6.61 Å². The van der Waals surface area contributed by atoms with Crippen molar-refractivity contribution in [3.8, 4) is 0 Å². The van der Waals surface area contributed by atoms with Gasteiger partial charge in [0, 0.05) is 13.2 Å². The number of esters is 1. The van der Waals surface area contributed by atoms with Gasteiger partial charge in [-0.2, -0.15) is 0 Å². The first-order valence-electron chi connectivity index (χ1n) is 7.79. The summed E-state index contributed by atoms with van der Waals surface area (Å²) >= 11 is 0. The molecular weight excluding hydrogens is 312 g/mol. The van der Waals surface area contributed by atoms with Crippen LogP contribution in [0.5, 0.6) is 0 Å². The molecule has 0 saturated carbocycles. The lowest BCUT2D eigenvalue weighted by atomic mass is 9.85. The molecule has 1 aromatic rings. The zero-order valence-corrected chi connectivity index (χ0v) is 13.3. The van der Waals surface area contributed by atoms with E-state index in [1.165, 1.54) is 0 Å². The van der Waals surface area contributed by atoms with Gasteiger partial charge in [-0.1, -0.05) is 12.2 Å². The first-order valence-corrected chi connectivity index (χ1v) is 7.79. The Morgan fingerprint density at radius 1 is 1.17 bits per heavy atom. The first kappa shape index (κ1) is 16.2. The molecule has 1 aliphatic heterocycles. The zero-order chi connectivity index (χ0) is 17.3. The van der Waals surface area contributed by atoms with Crippen molar-refractivity contribution in [1.82, 2.24) is 9.47 Å². The van der Waals surface area contributed by atoms with E-state index in [-0.39, 0.29) is 29.4 Å². The highest BCUT2D eigenvalue weighted by Crippen LogP contribution is 2.34. The Morgan fingerprint density at radius 2 is 1.79 bits per heavy atom. The standard InChI is InChI=1S/C17H18N2O5/c1-18-8-4-7-13(18)14(20)10-24-15(21)9-19-16(22)11-5-2-3-6-12(11)17(19)23/h2-4,7-8,11-12H,5-6,9-10H2,1H3. The number of aromatic nitrogens is 1. The summed E-state index contributed by atoms with van der Waals surface area (Å²) in [5.74, 6) is -2.51. The molecule has 1 saturated heterocycles. The summed E-state index contributed by atoms with van der Waals surface area (Å²) < 4.78 is 6.56. The topological polar surface area (TPSA) is 85.7 Å². The maximum absolute atomic E-state index is 12.2. The maximum atomic E-state index is 12.2. The Kier molecular flexibility index (Phi) is 4.33. The fourth-order valence-electron chi connectivity index (χ4n) is 3.17. The molecule has 126 valence electrons. The van der Waals surface area contributed by atoms with Gasteiger partial charge in [-0.15, -0.1) is 0 Å². The Labute approximate surface area is 138 Å². The number of nitrogens with zero attached hydrogens (tertiary/aromatic N) is 2. The third-order valence-corrected chi connectivity index (χ3v) is 4.48. The molecule has 0 N–H and O–H groups in total. The van der Waals surface area contributed by atoms with Crippen molar-refractivity contribution in [1.29, 1.82) is 0 Å². The van der Waals surface area contributed by atoms with E-state index in [4.69, 9.17) is 4.74 Å². The van der Waals surface area contributed by atoms with Crippen molar-refractivity contribution in [2.75, 3.05) is 13.2 Å². The van der Waals surface area contributed by atoms with Crippen LogP contribution in [-0.2, 0) is 26.2 Å². The van der Waals surface area contributed by atoms with Gasteiger partial charge in [-0.25, -0.2) is 0 Å². The summed E-state index contributed by atoms with van der Waals surface area (Å²) in [4.78, 5) is 49.3. The van der Waals surface area contributed by atoms with Crippen LogP contribution < -0.4 is 0 Å². The van der Waals surface area contributed by atoms with Gasteiger partial charge in [-0.05, 0) is 25.0 Å². The summed E-state index contributed by atoms with van der Waals surface area (Å²) in [5, 5.41) is 0. The van der Waals surface area contributed by atoms with E-state index in [1.807, 2.05) is 12.2 Å². The molecule has 7 nitrogen and oxygen atoms in total. The molecule has 2 aliphatic rings. The molecule has 0 radical (unpaired) electrons. The van der Waals surface area contributed by atoms with Crippen LogP contribution in [0.4, 0.5) is 0 Å². The lowest BCUT2D eigenvalue weighted by Gasteiger charge is -2.14. The number of hydrogen-bond donors (Lipinski definition) is 0. The van der Waals surface area contributed by atoms with Crippen LogP contribution in [0.2, 0.25) is 0 Å². The average molecular weight is 330 g/mol. The molecule has 3 rings (SSSR count). The van der Waals surface area contributed by atoms with Crippen molar-refractivity contribution in [3.63, 3.8) is 0 Å². The monoisotopic (exact) mass is 330 g/mol. The van der Waals surface area contributed by atoms with Crippen LogP contribution in [0.25, 0.3) is 0 Å². The summed E-state index contributed by atoms with van der Waals surface area (Å²) in [6.45, 7) is -0.855. The SMILES string of the molecule is Cn1cccc1C(=O)COC(=O)CN1C(=O)C2CC=CCC2C1=O. The molecule has 24 heavy (non-hydrogen) atoms. The molecular formula is C17H18N2O5. The zero-order valence-electron chi connectivity index (χ0n) is 13.3. The molecule has 2 amide bonds. The minimum Gasteiger partial charge on any atom is -0.456 e. The molecule has 2 unspecified atom stereocenters. The number of fused-ring (bicyclic) bond motifs is 1. The molecule has 1 aromatic heterocycles. The molecule has 1 fully saturated rings. The van der Waals surface area contributed by atoms with Gasteiger partial charge < -0.3 is 9.30 Å². The van der Waals surface area contributed by atoms with E-state index in [0.29, 0.717) is 18.5 Å². The third kappa shape index (κ3) is 2.89. The lowest BCUT2D eigenvalue weighted by Crippen LogP contribution is -2.37. The van der Waals surface area contributed by atoms with Crippen LogP contribution in [0, 0.1) is 11.8 Å². The second-order valence-electron chi connectivity index (χ2n) is 6.01. The van der Waals surface area contributed by atoms with Crippen molar-refractivity contribution in [2.45, 2.75) is 12.8 Å². The summed E-state index contributed by atoms with van der Waals surface area (Å²) in [7, 11) is 1.71. The van der Waals surface area contributed by atoms with Crippen molar-refractivity contribution in [3.05, 3.63) is 36.2 Å². The van der Waals surface area contributed by atoms with Crippen LogP contribution in [0.15, 0.2) is 30.5 Å². The second kappa shape index (κ2) is 6.43. The molecule has 0 spiro atoms. The van der Waals surface area contributed by atoms with Gasteiger partial charge in [0.2, 0.25) is 17.6 Å². The number of amides is 2. The highest BCUT2D eigenvalue weighted by atomic mass is 16.5. The molecule has 2 atom stereocenters. The van der Waals surface area contributed by atoms with E-state index >= 15 is 0 Å². The number of likely N-dealkylation sites (tertiary alicyclic amines) is 1. The van der Waals surface area contributed by atoms with Gasteiger partial charge in [0.1, 0.15) is 6.54 Å². The average Bonchev–Trinajstić information content (AvgIpc) is 3.11. The summed E-state index contributed by atoms with van der Waals surface area (Å²) in [5.41, 5.74) is 0.424. The van der Waals surface area contributed by atoms with E-state index in [9.17, 15) is 19.2 Å². The largest absolute Gasteiger partial charge is 0.456 e. The fourth-order valence-corrected chi connectivity index (χ4v) is 3.17. The van der Waals surface area contributed by atoms with Crippen LogP contribution in [-0.4, -0.2) is 46.2 Å². The lowest BCUT2D eigenvalue weighted by molar-refractivity contribution is -0.152. The van der Waals surface area contributed by atoms with E-state index in [0.717, 1.165) is 4.90 Å². The number of ether oxygens (including phenoxy) is 1. The number of Topliss-reactive ketones (excluding diaryl/α,β-unsaturated/α-hetero) is 1. The highest BCUT2D eigenvalue weighted by molar-refractivity contribution is 6.07. The fraction of sp³-hybridized carbons (Fsp3) is 0.412. The third-order valence-electron chi connectivity index (χ3n) is 4.48. The quantitative estimate of drug-likeness (QED) is 0.343. The number of aryl methyl sites for hydroxylation is 1. The predicted molar refractivity (Wildman–Crippen MR) is 82.8 cm³/mol. The van der Waals surface area contributed by atoms with Gasteiger partial charge in [-0.3, -0.25) is 24.1 Å². The van der Waals surface area contributed by atoms with Crippen LogP contribution >= 0.6 is 0 Å². The number of allylic oxidation sites excluding steroid dienone is 2. The Bertz CT molecular complexity index is 707. The van der Waals surface area contributed by atoms with Crippen LogP contribution in [0.1, 0.15) is 23.3 Å². The smallest absolute Gasteiger partial charge is 0.326 e.